The molecule has 0 aromatic heterocycles. The van der Waals surface area contributed by atoms with E-state index in [0.717, 1.165) is 0 Å². The van der Waals surface area contributed by atoms with Crippen LogP contribution >= 0.6 is 11.6 Å². The molecule has 98 valence electrons. The molecule has 0 radical (unpaired) electrons. The fourth-order valence-corrected chi connectivity index (χ4v) is 1.64. The van der Waals surface area contributed by atoms with E-state index in [1.807, 2.05) is 0 Å². The number of hydrogen-bond donors (Lipinski definition) is 1. The zero-order valence-electron chi connectivity index (χ0n) is 9.81. The second kappa shape index (κ2) is 6.93. The van der Waals surface area contributed by atoms with Crippen molar-refractivity contribution in [2.75, 3.05) is 13.7 Å². The molecule has 0 spiro atoms. The molecule has 1 N–H and O–H groups in total. The van der Waals surface area contributed by atoms with E-state index in [1.54, 1.807) is 6.07 Å². The Morgan fingerprint density at radius 1 is 1.56 bits per heavy atom. The highest BCUT2D eigenvalue weighted by Crippen LogP contribution is 2.25. The normalized spacial score (nSPS) is 10.1. The lowest BCUT2D eigenvalue weighted by molar-refractivity contribution is -0.385. The maximum atomic E-state index is 10.9. The third kappa shape index (κ3) is 3.97. The van der Waals surface area contributed by atoms with Gasteiger partial charge in [0.05, 0.1) is 29.0 Å². The van der Waals surface area contributed by atoms with E-state index in [-0.39, 0.29) is 24.6 Å². The van der Waals surface area contributed by atoms with Gasteiger partial charge in [0.1, 0.15) is 0 Å². The summed E-state index contributed by atoms with van der Waals surface area (Å²) in [5.74, 6) is -0.337. The number of nitro benzene ring substituents is 1. The Morgan fingerprint density at radius 3 is 2.89 bits per heavy atom. The van der Waals surface area contributed by atoms with Gasteiger partial charge in [-0.15, -0.1) is 0 Å². The number of carbonyl (C=O) groups is 1. The Bertz CT molecular complexity index is 451. The van der Waals surface area contributed by atoms with Crippen LogP contribution in [0.1, 0.15) is 12.0 Å². The Hall–Kier alpha value is -1.66. The monoisotopic (exact) mass is 272 g/mol. The molecule has 1 aromatic carbocycles. The minimum absolute atomic E-state index is 0.0342. The summed E-state index contributed by atoms with van der Waals surface area (Å²) in [5, 5.41) is 14.0. The lowest BCUT2D eigenvalue weighted by Gasteiger charge is -2.06. The lowest BCUT2D eigenvalue weighted by atomic mass is 10.2. The fraction of sp³-hybridized carbons (Fsp3) is 0.364. The number of carbonyl (C=O) groups excluding carboxylic acids is 1. The van der Waals surface area contributed by atoms with Gasteiger partial charge in [0.25, 0.3) is 5.69 Å². The van der Waals surface area contributed by atoms with Crippen molar-refractivity contribution < 1.29 is 14.5 Å². The SMILES string of the molecule is COC(=O)CCNCc1c(Cl)cccc1[N+](=O)[O-]. The first-order valence-electron chi connectivity index (χ1n) is 5.25. The minimum atomic E-state index is -0.483. The average Bonchev–Trinajstić information content (AvgIpc) is 2.35. The molecule has 0 atom stereocenters. The number of esters is 1. The van der Waals surface area contributed by atoms with Crippen LogP contribution in [0, 0.1) is 10.1 Å². The molecule has 7 heteroatoms. The topological polar surface area (TPSA) is 81.5 Å². The van der Waals surface area contributed by atoms with E-state index in [0.29, 0.717) is 17.1 Å². The van der Waals surface area contributed by atoms with Gasteiger partial charge in [0.2, 0.25) is 0 Å². The molecule has 0 aliphatic heterocycles. The van der Waals surface area contributed by atoms with Crippen LogP contribution in [0.15, 0.2) is 18.2 Å². The number of halogens is 1. The average molecular weight is 273 g/mol. The van der Waals surface area contributed by atoms with Gasteiger partial charge in [-0.1, -0.05) is 17.7 Å². The zero-order valence-corrected chi connectivity index (χ0v) is 10.6. The summed E-state index contributed by atoms with van der Waals surface area (Å²) in [7, 11) is 1.31. The summed E-state index contributed by atoms with van der Waals surface area (Å²) >= 11 is 5.91. The predicted octanol–water partition coefficient (Wildman–Crippen LogP) is 1.90. The summed E-state index contributed by atoms with van der Waals surface area (Å²) in [6.07, 6.45) is 0.203. The smallest absolute Gasteiger partial charge is 0.306 e. The Morgan fingerprint density at radius 2 is 2.28 bits per heavy atom. The molecular weight excluding hydrogens is 260 g/mol. The van der Waals surface area contributed by atoms with Crippen LogP contribution in [0.2, 0.25) is 5.02 Å². The van der Waals surface area contributed by atoms with Gasteiger partial charge in [-0.05, 0) is 6.07 Å². The second-order valence-electron chi connectivity index (χ2n) is 3.50. The largest absolute Gasteiger partial charge is 0.469 e. The van der Waals surface area contributed by atoms with Crippen LogP contribution < -0.4 is 5.32 Å². The molecule has 0 unspecified atom stereocenters. The maximum Gasteiger partial charge on any atom is 0.306 e. The minimum Gasteiger partial charge on any atom is -0.469 e. The van der Waals surface area contributed by atoms with E-state index in [4.69, 9.17) is 11.6 Å². The molecule has 1 rings (SSSR count). The van der Waals surface area contributed by atoms with Gasteiger partial charge in [0.15, 0.2) is 0 Å². The fourth-order valence-electron chi connectivity index (χ4n) is 1.40. The van der Waals surface area contributed by atoms with Crippen LogP contribution in [-0.2, 0) is 16.1 Å². The maximum absolute atomic E-state index is 10.9. The molecule has 0 amide bonds. The first-order valence-corrected chi connectivity index (χ1v) is 5.63. The number of ether oxygens (including phenoxy) is 1. The number of nitrogens with zero attached hydrogens (tertiary/aromatic N) is 1. The van der Waals surface area contributed by atoms with Gasteiger partial charge in [0, 0.05) is 19.2 Å². The zero-order chi connectivity index (χ0) is 13.5. The molecular formula is C11H13ClN2O4. The van der Waals surface area contributed by atoms with Gasteiger partial charge < -0.3 is 10.1 Å². The van der Waals surface area contributed by atoms with Crippen molar-refractivity contribution in [3.8, 4) is 0 Å². The number of methoxy groups -OCH3 is 1. The van der Waals surface area contributed by atoms with E-state index in [9.17, 15) is 14.9 Å². The quantitative estimate of drug-likeness (QED) is 0.370. The van der Waals surface area contributed by atoms with Crippen molar-refractivity contribution in [1.29, 1.82) is 0 Å². The first kappa shape index (κ1) is 14.4. The molecule has 18 heavy (non-hydrogen) atoms. The van der Waals surface area contributed by atoms with Crippen molar-refractivity contribution in [2.45, 2.75) is 13.0 Å². The highest BCUT2D eigenvalue weighted by molar-refractivity contribution is 6.31. The van der Waals surface area contributed by atoms with Crippen molar-refractivity contribution in [2.24, 2.45) is 0 Å². The molecule has 0 saturated heterocycles. The molecule has 0 aliphatic carbocycles. The molecule has 0 heterocycles. The molecule has 0 aliphatic rings. The number of hydrogen-bond acceptors (Lipinski definition) is 5. The second-order valence-corrected chi connectivity index (χ2v) is 3.90. The van der Waals surface area contributed by atoms with Gasteiger partial charge >= 0.3 is 5.97 Å². The van der Waals surface area contributed by atoms with Crippen LogP contribution in [0.25, 0.3) is 0 Å². The molecule has 0 fully saturated rings. The van der Waals surface area contributed by atoms with E-state index >= 15 is 0 Å². The van der Waals surface area contributed by atoms with Gasteiger partial charge in [-0.25, -0.2) is 0 Å². The van der Waals surface area contributed by atoms with Crippen molar-refractivity contribution >= 4 is 23.3 Å². The van der Waals surface area contributed by atoms with Gasteiger partial charge in [-0.3, -0.25) is 14.9 Å². The third-order valence-electron chi connectivity index (χ3n) is 2.33. The van der Waals surface area contributed by atoms with E-state index in [2.05, 4.69) is 10.1 Å². The number of benzene rings is 1. The Labute approximate surface area is 109 Å². The third-order valence-corrected chi connectivity index (χ3v) is 2.68. The summed E-state index contributed by atoms with van der Waals surface area (Å²) in [6, 6.07) is 4.51. The lowest BCUT2D eigenvalue weighted by Crippen LogP contribution is -2.19. The van der Waals surface area contributed by atoms with E-state index < -0.39 is 4.92 Å². The highest BCUT2D eigenvalue weighted by atomic mass is 35.5. The van der Waals surface area contributed by atoms with Crippen LogP contribution in [0.5, 0.6) is 0 Å². The number of rotatable bonds is 6. The van der Waals surface area contributed by atoms with Crippen LogP contribution in [-0.4, -0.2) is 24.5 Å². The summed E-state index contributed by atoms with van der Waals surface area (Å²) in [5.41, 5.74) is 0.377. The molecule has 0 bridgehead atoms. The predicted molar refractivity (Wildman–Crippen MR) is 66.4 cm³/mol. The number of nitro groups is 1. The Kier molecular flexibility index (Phi) is 5.54. The number of nitrogens with one attached hydrogen (secondary N) is 1. The molecule has 0 saturated carbocycles. The van der Waals surface area contributed by atoms with Gasteiger partial charge in [-0.2, -0.15) is 0 Å². The molecule has 1 aromatic rings. The summed E-state index contributed by atoms with van der Waals surface area (Å²) in [6.45, 7) is 0.599. The van der Waals surface area contributed by atoms with Crippen molar-refractivity contribution in [3.63, 3.8) is 0 Å². The van der Waals surface area contributed by atoms with E-state index in [1.165, 1.54) is 19.2 Å². The summed E-state index contributed by atoms with van der Waals surface area (Å²) in [4.78, 5) is 21.2. The standard InChI is InChI=1S/C11H13ClN2O4/c1-18-11(15)5-6-13-7-8-9(12)3-2-4-10(8)14(16)17/h2-4,13H,5-7H2,1H3. The van der Waals surface area contributed by atoms with Crippen molar-refractivity contribution in [3.05, 3.63) is 38.9 Å². The first-order chi connectivity index (χ1) is 8.56. The summed E-state index contributed by atoms with van der Waals surface area (Å²) < 4.78 is 4.47. The van der Waals surface area contributed by atoms with Crippen LogP contribution in [0.4, 0.5) is 5.69 Å². The molecule has 6 nitrogen and oxygen atoms in total. The highest BCUT2D eigenvalue weighted by Gasteiger charge is 2.15. The Balaban J connectivity index is 2.61. The van der Waals surface area contributed by atoms with Crippen molar-refractivity contribution in [1.82, 2.24) is 5.32 Å². The van der Waals surface area contributed by atoms with Crippen LogP contribution in [0.3, 0.4) is 0 Å².